The third-order valence-corrected chi connectivity index (χ3v) is 2.76. The summed E-state index contributed by atoms with van der Waals surface area (Å²) in [5, 5.41) is 3.23. The lowest BCUT2D eigenvalue weighted by molar-refractivity contribution is 0.0505. The number of halogens is 4. The molecule has 0 amide bonds. The largest absolute Gasteiger partial charge is 0.371 e. The van der Waals surface area contributed by atoms with Crippen molar-refractivity contribution in [3.05, 3.63) is 70.8 Å². The predicted octanol–water partition coefficient (Wildman–Crippen LogP) is 3.82. The molecule has 0 saturated carbocycles. The summed E-state index contributed by atoms with van der Waals surface area (Å²) in [5.41, 5.74) is -1.72. The van der Waals surface area contributed by atoms with Gasteiger partial charge in [-0.15, -0.1) is 0 Å². The van der Waals surface area contributed by atoms with Crippen molar-refractivity contribution >= 4 is 11.7 Å². The molecular weight excluding hydrogens is 302 g/mol. The van der Waals surface area contributed by atoms with E-state index in [1.165, 1.54) is 6.92 Å². The Morgan fingerprint density at radius 2 is 1.27 bits per heavy atom. The van der Waals surface area contributed by atoms with Crippen LogP contribution in [0, 0.1) is 23.3 Å². The van der Waals surface area contributed by atoms with Crippen LogP contribution in [0.5, 0.6) is 0 Å². The van der Waals surface area contributed by atoms with Gasteiger partial charge < -0.3 is 4.84 Å². The number of oxime groups is 1. The fourth-order valence-electron chi connectivity index (χ4n) is 1.74. The first-order valence-electron chi connectivity index (χ1n) is 6.06. The van der Waals surface area contributed by atoms with Crippen LogP contribution in [0.2, 0.25) is 0 Å². The normalized spacial score (nSPS) is 11.4. The van der Waals surface area contributed by atoms with E-state index in [1.54, 1.807) is 0 Å². The highest BCUT2D eigenvalue weighted by molar-refractivity contribution is 5.99. The molecule has 0 spiro atoms. The minimum absolute atomic E-state index is 0.291. The van der Waals surface area contributed by atoms with Crippen LogP contribution in [0.15, 0.2) is 41.6 Å². The van der Waals surface area contributed by atoms with Crippen molar-refractivity contribution in [2.75, 3.05) is 0 Å². The SMILES string of the molecule is C/C(=N/OC(=O)c1c(F)cccc1F)c1c(F)cccc1F. The summed E-state index contributed by atoms with van der Waals surface area (Å²) in [7, 11) is 0. The Bertz CT molecular complexity index is 719. The van der Waals surface area contributed by atoms with Gasteiger partial charge in [0.15, 0.2) is 0 Å². The van der Waals surface area contributed by atoms with Crippen LogP contribution >= 0.6 is 0 Å². The highest BCUT2D eigenvalue weighted by atomic mass is 19.1. The molecule has 114 valence electrons. The molecule has 0 atom stereocenters. The van der Waals surface area contributed by atoms with Crippen LogP contribution in [-0.2, 0) is 4.84 Å². The lowest BCUT2D eigenvalue weighted by atomic mass is 10.1. The summed E-state index contributed by atoms with van der Waals surface area (Å²) >= 11 is 0. The van der Waals surface area contributed by atoms with Gasteiger partial charge in [-0.2, -0.15) is 0 Å². The van der Waals surface area contributed by atoms with Crippen molar-refractivity contribution in [3.8, 4) is 0 Å². The van der Waals surface area contributed by atoms with Gasteiger partial charge in [0.1, 0.15) is 28.8 Å². The zero-order valence-corrected chi connectivity index (χ0v) is 11.2. The molecule has 2 rings (SSSR count). The summed E-state index contributed by atoms with van der Waals surface area (Å²) in [6.45, 7) is 1.19. The average molecular weight is 311 g/mol. The molecule has 3 nitrogen and oxygen atoms in total. The van der Waals surface area contributed by atoms with Crippen molar-refractivity contribution < 1.29 is 27.2 Å². The molecule has 0 N–H and O–H groups in total. The number of carbonyl (C=O) groups excluding carboxylic acids is 1. The average Bonchev–Trinajstić information content (AvgIpc) is 2.44. The Kier molecular flexibility index (Phi) is 4.55. The van der Waals surface area contributed by atoms with Crippen molar-refractivity contribution in [2.24, 2.45) is 5.16 Å². The molecule has 0 unspecified atom stereocenters. The Morgan fingerprint density at radius 3 is 1.73 bits per heavy atom. The lowest BCUT2D eigenvalue weighted by Crippen LogP contribution is -2.10. The molecule has 7 heteroatoms. The topological polar surface area (TPSA) is 38.7 Å². The lowest BCUT2D eigenvalue weighted by Gasteiger charge is -2.05. The van der Waals surface area contributed by atoms with E-state index < -0.39 is 40.4 Å². The highest BCUT2D eigenvalue weighted by Crippen LogP contribution is 2.16. The zero-order valence-electron chi connectivity index (χ0n) is 11.2. The number of nitrogens with zero attached hydrogens (tertiary/aromatic N) is 1. The molecule has 0 fully saturated rings. The van der Waals surface area contributed by atoms with Gasteiger partial charge in [-0.1, -0.05) is 17.3 Å². The molecule has 0 aliphatic carbocycles. The maximum atomic E-state index is 13.5. The van der Waals surface area contributed by atoms with Gasteiger partial charge in [0.2, 0.25) is 0 Å². The molecule has 2 aromatic rings. The summed E-state index contributed by atoms with van der Waals surface area (Å²) in [4.78, 5) is 15.9. The fourth-order valence-corrected chi connectivity index (χ4v) is 1.74. The summed E-state index contributed by atoms with van der Waals surface area (Å²) < 4.78 is 53.7. The van der Waals surface area contributed by atoms with E-state index in [0.717, 1.165) is 36.4 Å². The smallest absolute Gasteiger partial charge is 0.312 e. The summed E-state index contributed by atoms with van der Waals surface area (Å²) in [5.74, 6) is -5.49. The maximum Gasteiger partial charge on any atom is 0.371 e. The number of hydrogen-bond acceptors (Lipinski definition) is 3. The van der Waals surface area contributed by atoms with E-state index in [1.807, 2.05) is 0 Å². The molecular formula is C15H9F4NO2. The van der Waals surface area contributed by atoms with Crippen LogP contribution in [0.4, 0.5) is 17.6 Å². The Balaban J connectivity index is 2.26. The first-order valence-corrected chi connectivity index (χ1v) is 6.06. The molecule has 0 aromatic heterocycles. The number of hydrogen-bond donors (Lipinski definition) is 0. The Morgan fingerprint density at radius 1 is 0.864 bits per heavy atom. The highest BCUT2D eigenvalue weighted by Gasteiger charge is 2.19. The predicted molar refractivity (Wildman–Crippen MR) is 70.3 cm³/mol. The molecule has 2 aromatic carbocycles. The Labute approximate surface area is 122 Å². The third-order valence-electron chi connectivity index (χ3n) is 2.76. The van der Waals surface area contributed by atoms with Crippen molar-refractivity contribution in [1.29, 1.82) is 0 Å². The number of benzene rings is 2. The van der Waals surface area contributed by atoms with Gasteiger partial charge in [-0.3, -0.25) is 0 Å². The van der Waals surface area contributed by atoms with Crippen LogP contribution in [-0.4, -0.2) is 11.7 Å². The van der Waals surface area contributed by atoms with Gasteiger partial charge >= 0.3 is 5.97 Å². The second-order valence-electron chi connectivity index (χ2n) is 4.25. The van der Waals surface area contributed by atoms with Crippen LogP contribution in [0.25, 0.3) is 0 Å². The fraction of sp³-hybridized carbons (Fsp3) is 0.0667. The molecule has 0 saturated heterocycles. The van der Waals surface area contributed by atoms with Gasteiger partial charge in [-0.25, -0.2) is 22.4 Å². The minimum Gasteiger partial charge on any atom is -0.312 e. The number of carbonyl (C=O) groups is 1. The van der Waals surface area contributed by atoms with E-state index in [9.17, 15) is 22.4 Å². The minimum atomic E-state index is -1.41. The second kappa shape index (κ2) is 6.38. The monoisotopic (exact) mass is 311 g/mol. The first kappa shape index (κ1) is 15.7. The standard InChI is InChI=1S/C15H9F4NO2/c1-8(13-9(16)4-2-5-10(13)17)20-22-15(21)14-11(18)6-3-7-12(14)19/h2-7H,1H3/b20-8-. The van der Waals surface area contributed by atoms with E-state index in [0.29, 0.717) is 0 Å². The quantitative estimate of drug-likeness (QED) is 0.374. The van der Waals surface area contributed by atoms with Gasteiger partial charge in [0, 0.05) is 0 Å². The zero-order chi connectivity index (χ0) is 16.3. The number of rotatable bonds is 3. The van der Waals surface area contributed by atoms with Crippen LogP contribution < -0.4 is 0 Å². The molecule has 0 aliphatic rings. The van der Waals surface area contributed by atoms with Crippen molar-refractivity contribution in [1.82, 2.24) is 0 Å². The summed E-state index contributed by atoms with van der Waals surface area (Å²) in [6.07, 6.45) is 0. The van der Waals surface area contributed by atoms with Crippen molar-refractivity contribution in [2.45, 2.75) is 6.92 Å². The second-order valence-corrected chi connectivity index (χ2v) is 4.25. The molecule has 0 heterocycles. The van der Waals surface area contributed by atoms with Crippen LogP contribution in [0.1, 0.15) is 22.8 Å². The Hall–Kier alpha value is -2.70. The van der Waals surface area contributed by atoms with E-state index in [4.69, 9.17) is 0 Å². The van der Waals surface area contributed by atoms with Crippen molar-refractivity contribution in [3.63, 3.8) is 0 Å². The van der Waals surface area contributed by atoms with E-state index >= 15 is 0 Å². The third kappa shape index (κ3) is 3.13. The van der Waals surface area contributed by atoms with Gasteiger partial charge in [0.25, 0.3) is 0 Å². The van der Waals surface area contributed by atoms with E-state index in [-0.39, 0.29) is 5.71 Å². The molecule has 0 aliphatic heterocycles. The van der Waals surface area contributed by atoms with Crippen LogP contribution in [0.3, 0.4) is 0 Å². The first-order chi connectivity index (χ1) is 10.4. The molecule has 22 heavy (non-hydrogen) atoms. The summed E-state index contributed by atoms with van der Waals surface area (Å²) in [6, 6.07) is 5.96. The van der Waals surface area contributed by atoms with Gasteiger partial charge in [0.05, 0.1) is 11.3 Å². The molecule has 0 radical (unpaired) electrons. The molecule has 0 bridgehead atoms. The van der Waals surface area contributed by atoms with E-state index in [2.05, 4.69) is 9.99 Å². The maximum absolute atomic E-state index is 13.5. The van der Waals surface area contributed by atoms with Gasteiger partial charge in [-0.05, 0) is 31.2 Å².